The Hall–Kier alpha value is -1.51. The van der Waals surface area contributed by atoms with Crippen LogP contribution in [0.1, 0.15) is 31.9 Å². The van der Waals surface area contributed by atoms with Gasteiger partial charge in [0.2, 0.25) is 0 Å². The zero-order valence-electron chi connectivity index (χ0n) is 10.2. The Balaban J connectivity index is 2.62. The maximum Gasteiger partial charge on any atom is 0.415 e. The van der Waals surface area contributed by atoms with Crippen LogP contribution >= 0.6 is 0 Å². The number of amides is 1. The van der Waals surface area contributed by atoms with Gasteiger partial charge in [0, 0.05) is 12.1 Å². The summed E-state index contributed by atoms with van der Waals surface area (Å²) in [5.41, 5.74) is 2.69. The third kappa shape index (κ3) is 1.56. The third-order valence-electron chi connectivity index (χ3n) is 2.97. The highest BCUT2D eigenvalue weighted by Crippen LogP contribution is 2.38. The van der Waals surface area contributed by atoms with Crippen LogP contribution in [0.5, 0.6) is 0 Å². The van der Waals surface area contributed by atoms with E-state index in [0.717, 1.165) is 11.3 Å². The first kappa shape index (κ1) is 11.0. The lowest BCUT2D eigenvalue weighted by Crippen LogP contribution is -2.43. The number of benzene rings is 1. The van der Waals surface area contributed by atoms with Crippen LogP contribution in [0, 0.1) is 6.92 Å². The molecule has 1 aromatic rings. The number of anilines is 1. The number of hydrogen-bond donors (Lipinski definition) is 0. The quantitative estimate of drug-likeness (QED) is 0.725. The van der Waals surface area contributed by atoms with Gasteiger partial charge >= 0.3 is 6.09 Å². The summed E-state index contributed by atoms with van der Waals surface area (Å²) in [7, 11) is 0. The van der Waals surface area contributed by atoms with Crippen LogP contribution in [0.4, 0.5) is 10.5 Å². The van der Waals surface area contributed by atoms with Crippen molar-refractivity contribution in [2.75, 3.05) is 11.4 Å². The van der Waals surface area contributed by atoms with E-state index in [9.17, 15) is 4.79 Å². The Morgan fingerprint density at radius 2 is 2.06 bits per heavy atom. The summed E-state index contributed by atoms with van der Waals surface area (Å²) in [6.07, 6.45) is -0.260. The highest BCUT2D eigenvalue weighted by molar-refractivity contribution is 5.91. The molecule has 1 heterocycles. The Morgan fingerprint density at radius 1 is 1.38 bits per heavy atom. The predicted molar refractivity (Wildman–Crippen MR) is 63.7 cm³/mol. The largest absolute Gasteiger partial charge is 0.438 e. The fraction of sp³-hybridized carbons (Fsp3) is 0.462. The maximum atomic E-state index is 11.8. The lowest BCUT2D eigenvalue weighted by molar-refractivity contribution is 0.0352. The normalized spacial score (nSPS) is 18.0. The molecular formula is C13H17NO2. The molecule has 0 saturated carbocycles. The lowest BCUT2D eigenvalue weighted by atomic mass is 9.92. The van der Waals surface area contributed by atoms with E-state index in [1.54, 1.807) is 4.90 Å². The number of nitrogens with zero attached hydrogens (tertiary/aromatic N) is 1. The number of ether oxygens (including phenoxy) is 1. The summed E-state index contributed by atoms with van der Waals surface area (Å²) in [6.45, 7) is 8.48. The highest BCUT2D eigenvalue weighted by atomic mass is 16.6. The van der Waals surface area contributed by atoms with Crippen LogP contribution in [0.15, 0.2) is 18.2 Å². The number of carbonyl (C=O) groups is 1. The SMILES string of the molecule is CCN1C(=O)OC(C)(C)c2cc(C)ccc21. The average Bonchev–Trinajstić information content (AvgIpc) is 2.19. The highest BCUT2D eigenvalue weighted by Gasteiger charge is 2.37. The Kier molecular flexibility index (Phi) is 2.41. The molecule has 0 atom stereocenters. The van der Waals surface area contributed by atoms with Crippen molar-refractivity contribution in [3.8, 4) is 0 Å². The molecule has 1 aliphatic heterocycles. The van der Waals surface area contributed by atoms with Crippen molar-refractivity contribution >= 4 is 11.8 Å². The molecule has 0 unspecified atom stereocenters. The fourth-order valence-electron chi connectivity index (χ4n) is 2.09. The van der Waals surface area contributed by atoms with Crippen molar-refractivity contribution in [1.29, 1.82) is 0 Å². The molecule has 0 aromatic heterocycles. The van der Waals surface area contributed by atoms with Crippen molar-refractivity contribution in [2.24, 2.45) is 0 Å². The molecule has 2 rings (SSSR count). The van der Waals surface area contributed by atoms with Crippen molar-refractivity contribution in [1.82, 2.24) is 0 Å². The Labute approximate surface area is 96.0 Å². The topological polar surface area (TPSA) is 29.5 Å². The van der Waals surface area contributed by atoms with Crippen molar-refractivity contribution in [2.45, 2.75) is 33.3 Å². The van der Waals surface area contributed by atoms with Gasteiger partial charge in [-0.3, -0.25) is 4.90 Å². The molecule has 0 saturated heterocycles. The van der Waals surface area contributed by atoms with Gasteiger partial charge in [0.25, 0.3) is 0 Å². The van der Waals surface area contributed by atoms with Gasteiger partial charge in [-0.1, -0.05) is 17.7 Å². The van der Waals surface area contributed by atoms with E-state index < -0.39 is 5.60 Å². The third-order valence-corrected chi connectivity index (χ3v) is 2.97. The van der Waals surface area contributed by atoms with E-state index in [1.807, 2.05) is 39.8 Å². The van der Waals surface area contributed by atoms with Gasteiger partial charge < -0.3 is 4.74 Å². The zero-order valence-corrected chi connectivity index (χ0v) is 10.2. The number of aryl methyl sites for hydroxylation is 1. The second-order valence-electron chi connectivity index (χ2n) is 4.64. The van der Waals surface area contributed by atoms with E-state index in [4.69, 9.17) is 4.74 Å². The van der Waals surface area contributed by atoms with E-state index in [2.05, 4.69) is 6.07 Å². The van der Waals surface area contributed by atoms with Crippen LogP contribution in [0.25, 0.3) is 0 Å². The van der Waals surface area contributed by atoms with Crippen LogP contribution in [-0.2, 0) is 10.3 Å². The molecule has 1 amide bonds. The molecule has 0 N–H and O–H groups in total. The van der Waals surface area contributed by atoms with E-state index in [0.29, 0.717) is 6.54 Å². The lowest BCUT2D eigenvalue weighted by Gasteiger charge is -2.38. The standard InChI is InChI=1S/C13H17NO2/c1-5-14-11-7-6-9(2)8-10(11)13(3,4)16-12(14)15/h6-8H,5H2,1-4H3. The summed E-state index contributed by atoms with van der Waals surface area (Å²) >= 11 is 0. The van der Waals surface area contributed by atoms with E-state index in [-0.39, 0.29) is 6.09 Å². The maximum absolute atomic E-state index is 11.8. The minimum absolute atomic E-state index is 0.260. The minimum atomic E-state index is -0.538. The number of hydrogen-bond acceptors (Lipinski definition) is 2. The number of carbonyl (C=O) groups excluding carboxylic acids is 1. The molecule has 0 aliphatic carbocycles. The van der Waals surface area contributed by atoms with E-state index in [1.165, 1.54) is 5.56 Å². The Morgan fingerprint density at radius 3 is 2.69 bits per heavy atom. The van der Waals surface area contributed by atoms with Crippen molar-refractivity contribution < 1.29 is 9.53 Å². The second kappa shape index (κ2) is 3.51. The van der Waals surface area contributed by atoms with Crippen LogP contribution < -0.4 is 4.90 Å². The van der Waals surface area contributed by atoms with E-state index >= 15 is 0 Å². The van der Waals surface area contributed by atoms with Gasteiger partial charge in [-0.15, -0.1) is 0 Å². The number of fused-ring (bicyclic) bond motifs is 1. The van der Waals surface area contributed by atoms with Gasteiger partial charge in [0.1, 0.15) is 5.60 Å². The Bertz CT molecular complexity index is 438. The molecule has 86 valence electrons. The van der Waals surface area contributed by atoms with Gasteiger partial charge in [0.15, 0.2) is 0 Å². The van der Waals surface area contributed by atoms with Crippen LogP contribution in [0.2, 0.25) is 0 Å². The predicted octanol–water partition coefficient (Wildman–Crippen LogP) is 3.21. The molecule has 0 spiro atoms. The molecule has 1 aliphatic rings. The van der Waals surface area contributed by atoms with Gasteiger partial charge in [-0.2, -0.15) is 0 Å². The minimum Gasteiger partial charge on any atom is -0.438 e. The first-order valence-electron chi connectivity index (χ1n) is 5.57. The molecule has 3 nitrogen and oxygen atoms in total. The molecule has 3 heteroatoms. The van der Waals surface area contributed by atoms with Crippen molar-refractivity contribution in [3.63, 3.8) is 0 Å². The monoisotopic (exact) mass is 219 g/mol. The first-order valence-corrected chi connectivity index (χ1v) is 5.57. The smallest absolute Gasteiger partial charge is 0.415 e. The first-order chi connectivity index (χ1) is 7.45. The molecule has 1 aromatic carbocycles. The number of rotatable bonds is 1. The molecule has 0 radical (unpaired) electrons. The summed E-state index contributed by atoms with van der Waals surface area (Å²) < 4.78 is 5.45. The van der Waals surface area contributed by atoms with Crippen LogP contribution in [0.3, 0.4) is 0 Å². The van der Waals surface area contributed by atoms with Gasteiger partial charge in [0.05, 0.1) is 5.69 Å². The number of cyclic esters (lactones) is 1. The summed E-state index contributed by atoms with van der Waals surface area (Å²) in [5.74, 6) is 0. The fourth-order valence-corrected chi connectivity index (χ4v) is 2.09. The zero-order chi connectivity index (χ0) is 11.9. The molecule has 0 bridgehead atoms. The van der Waals surface area contributed by atoms with Crippen molar-refractivity contribution in [3.05, 3.63) is 29.3 Å². The molecule has 16 heavy (non-hydrogen) atoms. The average molecular weight is 219 g/mol. The summed E-state index contributed by atoms with van der Waals surface area (Å²) in [4.78, 5) is 13.5. The molecule has 0 fully saturated rings. The van der Waals surface area contributed by atoms with Gasteiger partial charge in [-0.25, -0.2) is 4.79 Å². The summed E-state index contributed by atoms with van der Waals surface area (Å²) in [6, 6.07) is 6.11. The summed E-state index contributed by atoms with van der Waals surface area (Å²) in [5, 5.41) is 0. The van der Waals surface area contributed by atoms with Crippen LogP contribution in [-0.4, -0.2) is 12.6 Å². The van der Waals surface area contributed by atoms with Gasteiger partial charge in [-0.05, 0) is 33.8 Å². The second-order valence-corrected chi connectivity index (χ2v) is 4.64. The molecular weight excluding hydrogens is 202 g/mol.